The molecule has 0 bridgehead atoms. The molecule has 2 heterocycles. The highest BCUT2D eigenvalue weighted by atomic mass is 16.2. The zero-order valence-corrected chi connectivity index (χ0v) is 14.4. The number of benzene rings is 1. The van der Waals surface area contributed by atoms with E-state index < -0.39 is 0 Å². The zero-order chi connectivity index (χ0) is 16.9. The van der Waals surface area contributed by atoms with Gasteiger partial charge in [-0.25, -0.2) is 9.97 Å². The molecule has 0 spiro atoms. The molecule has 24 heavy (non-hydrogen) atoms. The van der Waals surface area contributed by atoms with Crippen LogP contribution in [0.5, 0.6) is 0 Å². The molecular formula is C19H24N4O. The van der Waals surface area contributed by atoms with E-state index in [0.717, 1.165) is 37.6 Å². The smallest absolute Gasteiger partial charge is 0.225 e. The molecule has 0 saturated carbocycles. The third-order valence-electron chi connectivity index (χ3n) is 4.55. The van der Waals surface area contributed by atoms with Crippen molar-refractivity contribution in [3.63, 3.8) is 0 Å². The molecule has 1 amide bonds. The first-order valence-corrected chi connectivity index (χ1v) is 8.47. The van der Waals surface area contributed by atoms with Crippen molar-refractivity contribution in [1.82, 2.24) is 14.9 Å². The summed E-state index contributed by atoms with van der Waals surface area (Å²) < 4.78 is 0. The molecule has 0 aliphatic carbocycles. The van der Waals surface area contributed by atoms with Crippen molar-refractivity contribution in [3.8, 4) is 0 Å². The largest absolute Gasteiger partial charge is 0.341 e. The van der Waals surface area contributed by atoms with Crippen LogP contribution in [0.15, 0.2) is 42.6 Å². The van der Waals surface area contributed by atoms with Crippen LogP contribution >= 0.6 is 0 Å². The van der Waals surface area contributed by atoms with Crippen LogP contribution in [0.4, 0.5) is 5.95 Å². The molecule has 3 rings (SSSR count). The lowest BCUT2D eigenvalue weighted by atomic mass is 9.95. The molecular weight excluding hydrogens is 300 g/mol. The molecule has 1 aliphatic heterocycles. The maximum absolute atomic E-state index is 12.7. The number of nitrogens with zero attached hydrogens (tertiary/aromatic N) is 4. The lowest BCUT2D eigenvalue weighted by Crippen LogP contribution is -2.41. The van der Waals surface area contributed by atoms with Crippen LogP contribution in [0.3, 0.4) is 0 Å². The van der Waals surface area contributed by atoms with E-state index >= 15 is 0 Å². The minimum Gasteiger partial charge on any atom is -0.341 e. The summed E-state index contributed by atoms with van der Waals surface area (Å²) in [4.78, 5) is 25.5. The zero-order valence-electron chi connectivity index (χ0n) is 14.4. The second-order valence-corrected chi connectivity index (χ2v) is 6.44. The number of hydrogen-bond donors (Lipinski definition) is 0. The molecule has 5 nitrogen and oxygen atoms in total. The third-order valence-corrected chi connectivity index (χ3v) is 4.55. The number of piperidine rings is 1. The highest BCUT2D eigenvalue weighted by Gasteiger charge is 2.28. The van der Waals surface area contributed by atoms with E-state index in [1.54, 1.807) is 6.20 Å². The predicted octanol–water partition coefficient (Wildman–Crippen LogP) is 2.66. The van der Waals surface area contributed by atoms with Crippen LogP contribution in [-0.2, 0) is 11.3 Å². The Kier molecular flexibility index (Phi) is 5.08. The highest BCUT2D eigenvalue weighted by Crippen LogP contribution is 2.22. The maximum Gasteiger partial charge on any atom is 0.225 e. The normalized spacial score (nSPS) is 15.3. The van der Waals surface area contributed by atoms with E-state index in [1.807, 2.05) is 43.1 Å². The van der Waals surface area contributed by atoms with E-state index in [1.165, 1.54) is 5.56 Å². The Bertz CT molecular complexity index is 681. The van der Waals surface area contributed by atoms with Crippen LogP contribution in [0.25, 0.3) is 0 Å². The van der Waals surface area contributed by atoms with Gasteiger partial charge in [0.05, 0.1) is 0 Å². The Balaban J connectivity index is 1.55. The third kappa shape index (κ3) is 3.91. The van der Waals surface area contributed by atoms with E-state index in [-0.39, 0.29) is 11.8 Å². The number of aromatic nitrogens is 2. The van der Waals surface area contributed by atoms with Gasteiger partial charge in [-0.2, -0.15) is 0 Å². The van der Waals surface area contributed by atoms with Crippen LogP contribution in [-0.4, -0.2) is 40.9 Å². The van der Waals surface area contributed by atoms with Gasteiger partial charge in [0, 0.05) is 44.5 Å². The molecule has 0 N–H and O–H groups in total. The Morgan fingerprint density at radius 1 is 1.21 bits per heavy atom. The number of anilines is 1. The monoisotopic (exact) mass is 324 g/mol. The van der Waals surface area contributed by atoms with Crippen LogP contribution in [0.1, 0.15) is 24.1 Å². The number of hydrogen-bond acceptors (Lipinski definition) is 4. The predicted molar refractivity (Wildman–Crippen MR) is 94.6 cm³/mol. The number of rotatable bonds is 4. The molecule has 1 aromatic heterocycles. The van der Waals surface area contributed by atoms with Crippen LogP contribution in [0, 0.1) is 12.8 Å². The molecule has 1 aromatic carbocycles. The summed E-state index contributed by atoms with van der Waals surface area (Å²) in [5.74, 6) is 1.11. The van der Waals surface area contributed by atoms with Crippen molar-refractivity contribution in [2.75, 3.05) is 25.0 Å². The fourth-order valence-corrected chi connectivity index (χ4v) is 3.16. The highest BCUT2D eigenvalue weighted by molar-refractivity contribution is 5.78. The lowest BCUT2D eigenvalue weighted by Gasteiger charge is -2.33. The summed E-state index contributed by atoms with van der Waals surface area (Å²) in [6, 6.07) is 12.0. The first kappa shape index (κ1) is 16.4. The van der Waals surface area contributed by atoms with Gasteiger partial charge in [0.15, 0.2) is 0 Å². The minimum atomic E-state index is 0.0970. The van der Waals surface area contributed by atoms with Crippen molar-refractivity contribution in [1.29, 1.82) is 0 Å². The van der Waals surface area contributed by atoms with E-state index in [0.29, 0.717) is 6.54 Å². The maximum atomic E-state index is 12.7. The summed E-state index contributed by atoms with van der Waals surface area (Å²) in [6.07, 6.45) is 3.51. The Morgan fingerprint density at radius 2 is 1.92 bits per heavy atom. The minimum absolute atomic E-state index is 0.0970. The van der Waals surface area contributed by atoms with Gasteiger partial charge in [-0.1, -0.05) is 30.3 Å². The molecule has 0 radical (unpaired) electrons. The number of carbonyl (C=O) groups excluding carboxylic acids is 1. The van der Waals surface area contributed by atoms with Gasteiger partial charge in [-0.05, 0) is 31.4 Å². The Morgan fingerprint density at radius 3 is 2.58 bits per heavy atom. The fourth-order valence-electron chi connectivity index (χ4n) is 3.16. The molecule has 1 saturated heterocycles. The SMILES string of the molecule is Cc1ccnc(N2CCC(C(=O)N(C)Cc3ccccc3)CC2)n1. The van der Waals surface area contributed by atoms with Gasteiger partial charge in [0.1, 0.15) is 0 Å². The van der Waals surface area contributed by atoms with Gasteiger partial charge in [0.25, 0.3) is 0 Å². The number of amides is 1. The summed E-state index contributed by atoms with van der Waals surface area (Å²) in [5.41, 5.74) is 2.14. The molecule has 2 aromatic rings. The summed E-state index contributed by atoms with van der Waals surface area (Å²) in [7, 11) is 1.89. The average molecular weight is 324 g/mol. The Hall–Kier alpha value is -2.43. The summed E-state index contributed by atoms with van der Waals surface area (Å²) in [5, 5.41) is 0. The van der Waals surface area contributed by atoms with Crippen molar-refractivity contribution in [3.05, 3.63) is 53.9 Å². The second kappa shape index (κ2) is 7.43. The van der Waals surface area contributed by atoms with E-state index in [4.69, 9.17) is 0 Å². The van der Waals surface area contributed by atoms with Gasteiger partial charge in [0.2, 0.25) is 11.9 Å². The van der Waals surface area contributed by atoms with Crippen molar-refractivity contribution >= 4 is 11.9 Å². The number of aryl methyl sites for hydroxylation is 1. The van der Waals surface area contributed by atoms with Crippen LogP contribution < -0.4 is 4.90 Å². The molecule has 0 atom stereocenters. The topological polar surface area (TPSA) is 49.3 Å². The van der Waals surface area contributed by atoms with Gasteiger partial charge >= 0.3 is 0 Å². The second-order valence-electron chi connectivity index (χ2n) is 6.44. The standard InChI is InChI=1S/C19H24N4O/c1-15-8-11-20-19(21-15)23-12-9-17(10-13-23)18(24)22(2)14-16-6-4-3-5-7-16/h3-8,11,17H,9-10,12-14H2,1-2H3. The van der Waals surface area contributed by atoms with E-state index in [9.17, 15) is 4.79 Å². The Labute approximate surface area is 143 Å². The van der Waals surface area contributed by atoms with Crippen molar-refractivity contribution in [2.45, 2.75) is 26.3 Å². The van der Waals surface area contributed by atoms with Crippen molar-refractivity contribution < 1.29 is 4.79 Å². The molecule has 1 aliphatic rings. The molecule has 126 valence electrons. The summed E-state index contributed by atoms with van der Waals surface area (Å²) in [6.45, 7) is 4.30. The number of carbonyl (C=O) groups is 1. The first-order chi connectivity index (χ1) is 11.6. The van der Waals surface area contributed by atoms with Gasteiger partial charge in [-0.15, -0.1) is 0 Å². The lowest BCUT2D eigenvalue weighted by molar-refractivity contribution is -0.135. The van der Waals surface area contributed by atoms with E-state index in [2.05, 4.69) is 27.0 Å². The first-order valence-electron chi connectivity index (χ1n) is 8.47. The molecule has 1 fully saturated rings. The molecule has 0 unspecified atom stereocenters. The van der Waals surface area contributed by atoms with Gasteiger partial charge < -0.3 is 9.80 Å². The van der Waals surface area contributed by atoms with Gasteiger partial charge in [-0.3, -0.25) is 4.79 Å². The van der Waals surface area contributed by atoms with Crippen LogP contribution in [0.2, 0.25) is 0 Å². The fraction of sp³-hybridized carbons (Fsp3) is 0.421. The average Bonchev–Trinajstić information content (AvgIpc) is 2.62. The van der Waals surface area contributed by atoms with Crippen molar-refractivity contribution in [2.24, 2.45) is 5.92 Å². The quantitative estimate of drug-likeness (QED) is 0.867. The summed E-state index contributed by atoms with van der Waals surface area (Å²) >= 11 is 0. The molecule has 5 heteroatoms.